The van der Waals surface area contributed by atoms with E-state index in [1.165, 1.54) is 4.90 Å². The van der Waals surface area contributed by atoms with E-state index in [-0.39, 0.29) is 30.9 Å². The van der Waals surface area contributed by atoms with Gasteiger partial charge in [-0.25, -0.2) is 4.79 Å². The van der Waals surface area contributed by atoms with Gasteiger partial charge < -0.3 is 14.9 Å². The van der Waals surface area contributed by atoms with Gasteiger partial charge in [0.05, 0.1) is 0 Å². The lowest BCUT2D eigenvalue weighted by Crippen LogP contribution is -2.52. The van der Waals surface area contributed by atoms with Crippen molar-refractivity contribution in [3.05, 3.63) is 0 Å². The summed E-state index contributed by atoms with van der Waals surface area (Å²) >= 11 is 0. The SMILES string of the molecule is C[C@H]1CN(C)CCN1C(=O)O.Cl.Cl. The third kappa shape index (κ3) is 4.02. The first-order chi connectivity index (χ1) is 5.11. The molecule has 0 unspecified atom stereocenters. The van der Waals surface area contributed by atoms with Crippen molar-refractivity contribution < 1.29 is 9.90 Å². The molecular weight excluding hydrogens is 215 g/mol. The second-order valence-corrected chi connectivity index (χ2v) is 3.09. The Morgan fingerprint density at radius 3 is 2.31 bits per heavy atom. The summed E-state index contributed by atoms with van der Waals surface area (Å²) in [6, 6.07) is 0.131. The minimum absolute atomic E-state index is 0. The molecule has 0 spiro atoms. The van der Waals surface area contributed by atoms with Gasteiger partial charge in [-0.05, 0) is 14.0 Å². The predicted molar refractivity (Wildman–Crippen MR) is 56.2 cm³/mol. The summed E-state index contributed by atoms with van der Waals surface area (Å²) in [5, 5.41) is 8.70. The Bertz CT molecular complexity index is 169. The Balaban J connectivity index is 0. The number of likely N-dealkylation sites (N-methyl/N-ethyl adjacent to an activating group) is 1. The second-order valence-electron chi connectivity index (χ2n) is 3.09. The summed E-state index contributed by atoms with van der Waals surface area (Å²) in [6.45, 7) is 4.25. The lowest BCUT2D eigenvalue weighted by Gasteiger charge is -2.36. The van der Waals surface area contributed by atoms with Gasteiger partial charge >= 0.3 is 6.09 Å². The number of hydrogen-bond donors (Lipinski definition) is 1. The zero-order valence-corrected chi connectivity index (χ0v) is 9.40. The van der Waals surface area contributed by atoms with Gasteiger partial charge in [0.25, 0.3) is 0 Å². The molecule has 0 aromatic heterocycles. The molecule has 6 heteroatoms. The average Bonchev–Trinajstić information content (AvgIpc) is 1.85. The molecule has 1 fully saturated rings. The van der Waals surface area contributed by atoms with Crippen LogP contribution in [0.1, 0.15) is 6.92 Å². The van der Waals surface area contributed by atoms with Gasteiger partial charge in [0, 0.05) is 25.7 Å². The van der Waals surface area contributed by atoms with Crippen molar-refractivity contribution in [2.75, 3.05) is 26.7 Å². The minimum Gasteiger partial charge on any atom is -0.465 e. The average molecular weight is 231 g/mol. The molecule has 1 heterocycles. The fraction of sp³-hybridized carbons (Fsp3) is 0.857. The van der Waals surface area contributed by atoms with Crippen LogP contribution in [0, 0.1) is 0 Å². The normalized spacial score (nSPS) is 22.9. The highest BCUT2D eigenvalue weighted by atomic mass is 35.5. The first-order valence-electron chi connectivity index (χ1n) is 3.79. The van der Waals surface area contributed by atoms with Crippen LogP contribution >= 0.6 is 24.8 Å². The largest absolute Gasteiger partial charge is 0.465 e. The molecule has 1 N–H and O–H groups in total. The fourth-order valence-corrected chi connectivity index (χ4v) is 1.42. The summed E-state index contributed by atoms with van der Waals surface area (Å²) in [4.78, 5) is 14.2. The quantitative estimate of drug-likeness (QED) is 0.680. The van der Waals surface area contributed by atoms with E-state index in [1.807, 2.05) is 14.0 Å². The van der Waals surface area contributed by atoms with E-state index >= 15 is 0 Å². The maximum atomic E-state index is 10.6. The molecule has 0 bridgehead atoms. The van der Waals surface area contributed by atoms with Crippen molar-refractivity contribution in [1.82, 2.24) is 9.80 Å². The number of nitrogens with zero attached hydrogens (tertiary/aromatic N) is 2. The van der Waals surface area contributed by atoms with Crippen LogP contribution in [-0.4, -0.2) is 53.7 Å². The smallest absolute Gasteiger partial charge is 0.407 e. The van der Waals surface area contributed by atoms with E-state index in [0.717, 1.165) is 13.1 Å². The van der Waals surface area contributed by atoms with Gasteiger partial charge in [-0.3, -0.25) is 0 Å². The van der Waals surface area contributed by atoms with Crippen LogP contribution < -0.4 is 0 Å². The lowest BCUT2D eigenvalue weighted by molar-refractivity contribution is 0.0844. The Morgan fingerprint density at radius 2 is 1.92 bits per heavy atom. The molecule has 0 radical (unpaired) electrons. The maximum absolute atomic E-state index is 10.6. The maximum Gasteiger partial charge on any atom is 0.407 e. The first-order valence-corrected chi connectivity index (χ1v) is 3.79. The zero-order valence-electron chi connectivity index (χ0n) is 7.77. The predicted octanol–water partition coefficient (Wildman–Crippen LogP) is 1.14. The monoisotopic (exact) mass is 230 g/mol. The van der Waals surface area contributed by atoms with E-state index < -0.39 is 6.09 Å². The number of hydrogen-bond acceptors (Lipinski definition) is 2. The van der Waals surface area contributed by atoms with Crippen LogP contribution in [-0.2, 0) is 0 Å². The van der Waals surface area contributed by atoms with E-state index in [1.54, 1.807) is 0 Å². The molecule has 1 amide bonds. The number of piperazine rings is 1. The third-order valence-electron chi connectivity index (χ3n) is 2.08. The molecule has 1 aliphatic heterocycles. The molecule has 80 valence electrons. The molecule has 1 rings (SSSR count). The van der Waals surface area contributed by atoms with E-state index in [2.05, 4.69) is 4.90 Å². The van der Waals surface area contributed by atoms with E-state index in [9.17, 15) is 4.79 Å². The van der Waals surface area contributed by atoms with Gasteiger partial charge in [-0.1, -0.05) is 0 Å². The van der Waals surface area contributed by atoms with Crippen molar-refractivity contribution in [2.24, 2.45) is 0 Å². The minimum atomic E-state index is -0.800. The summed E-state index contributed by atoms with van der Waals surface area (Å²) < 4.78 is 0. The number of rotatable bonds is 0. The second kappa shape index (κ2) is 6.29. The highest BCUT2D eigenvalue weighted by Gasteiger charge is 2.24. The Labute approximate surface area is 90.7 Å². The standard InChI is InChI=1S/C7H14N2O2.2ClH/c1-6-5-8(2)3-4-9(6)7(10)11;;/h6H,3-5H2,1-2H3,(H,10,11);2*1H/t6-;;/m0../s1. The molecular formula is C7H16Cl2N2O2. The highest BCUT2D eigenvalue weighted by molar-refractivity contribution is 5.85. The molecule has 0 aromatic carbocycles. The van der Waals surface area contributed by atoms with Gasteiger partial charge in [-0.15, -0.1) is 24.8 Å². The highest BCUT2D eigenvalue weighted by Crippen LogP contribution is 2.06. The van der Waals surface area contributed by atoms with Crippen molar-refractivity contribution in [2.45, 2.75) is 13.0 Å². The molecule has 0 aliphatic carbocycles. The van der Waals surface area contributed by atoms with Crippen LogP contribution in [0.4, 0.5) is 4.79 Å². The van der Waals surface area contributed by atoms with Gasteiger partial charge in [-0.2, -0.15) is 0 Å². The molecule has 1 saturated heterocycles. The van der Waals surface area contributed by atoms with Gasteiger partial charge in [0.15, 0.2) is 0 Å². The third-order valence-corrected chi connectivity index (χ3v) is 2.08. The molecule has 13 heavy (non-hydrogen) atoms. The Kier molecular flexibility index (Phi) is 7.40. The topological polar surface area (TPSA) is 43.8 Å². The Hall–Kier alpha value is -0.190. The van der Waals surface area contributed by atoms with Crippen LogP contribution in [0.2, 0.25) is 0 Å². The number of carbonyl (C=O) groups is 1. The molecule has 1 aliphatic rings. The number of carboxylic acid groups (broad SMARTS) is 1. The summed E-state index contributed by atoms with van der Waals surface area (Å²) in [5.41, 5.74) is 0. The summed E-state index contributed by atoms with van der Waals surface area (Å²) in [5.74, 6) is 0. The van der Waals surface area contributed by atoms with E-state index in [4.69, 9.17) is 5.11 Å². The van der Waals surface area contributed by atoms with Crippen LogP contribution in [0.15, 0.2) is 0 Å². The van der Waals surface area contributed by atoms with Crippen molar-refractivity contribution in [3.8, 4) is 0 Å². The fourth-order valence-electron chi connectivity index (χ4n) is 1.42. The van der Waals surface area contributed by atoms with Crippen LogP contribution in [0.3, 0.4) is 0 Å². The van der Waals surface area contributed by atoms with Gasteiger partial charge in [0.2, 0.25) is 0 Å². The molecule has 0 aromatic rings. The van der Waals surface area contributed by atoms with Crippen molar-refractivity contribution >= 4 is 30.9 Å². The summed E-state index contributed by atoms with van der Waals surface area (Å²) in [6.07, 6.45) is -0.800. The molecule has 0 saturated carbocycles. The van der Waals surface area contributed by atoms with Crippen molar-refractivity contribution in [3.63, 3.8) is 0 Å². The summed E-state index contributed by atoms with van der Waals surface area (Å²) in [7, 11) is 2.01. The number of halogens is 2. The van der Waals surface area contributed by atoms with Crippen molar-refractivity contribution in [1.29, 1.82) is 0 Å². The number of amides is 1. The van der Waals surface area contributed by atoms with Crippen LogP contribution in [0.25, 0.3) is 0 Å². The van der Waals surface area contributed by atoms with Gasteiger partial charge in [0.1, 0.15) is 0 Å². The Morgan fingerprint density at radius 1 is 1.38 bits per heavy atom. The lowest BCUT2D eigenvalue weighted by atomic mass is 10.2. The molecule has 1 atom stereocenters. The van der Waals surface area contributed by atoms with Crippen LogP contribution in [0.5, 0.6) is 0 Å². The first kappa shape index (κ1) is 15.3. The zero-order chi connectivity index (χ0) is 8.43. The van der Waals surface area contributed by atoms with E-state index in [0.29, 0.717) is 6.54 Å². The molecule has 4 nitrogen and oxygen atoms in total.